The lowest BCUT2D eigenvalue weighted by atomic mass is 10.1. The highest BCUT2D eigenvalue weighted by atomic mass is 16.3. The van der Waals surface area contributed by atoms with Crippen molar-refractivity contribution in [3.8, 4) is 5.75 Å². The first-order valence-electron chi connectivity index (χ1n) is 7.06. The minimum Gasteiger partial charge on any atom is -0.508 e. The van der Waals surface area contributed by atoms with Crippen LogP contribution >= 0.6 is 0 Å². The van der Waals surface area contributed by atoms with Gasteiger partial charge in [0, 0.05) is 6.04 Å². The lowest BCUT2D eigenvalue weighted by molar-refractivity contribution is 0.474. The van der Waals surface area contributed by atoms with Gasteiger partial charge in [0.05, 0.1) is 0 Å². The van der Waals surface area contributed by atoms with E-state index in [4.69, 9.17) is 0 Å². The Balaban J connectivity index is 1.56. The monoisotopic (exact) mass is 243 g/mol. The lowest BCUT2D eigenvalue weighted by Crippen LogP contribution is -2.20. The van der Waals surface area contributed by atoms with Gasteiger partial charge in [-0.2, -0.15) is 0 Å². The maximum atomic E-state index is 9.47. The minimum absolute atomic E-state index is 0.394. The van der Waals surface area contributed by atoms with E-state index in [1.165, 1.54) is 36.8 Å². The molecule has 2 aliphatic carbocycles. The van der Waals surface area contributed by atoms with Crippen LogP contribution in [0.5, 0.6) is 5.75 Å². The Bertz CT molecular complexity index is 464. The maximum absolute atomic E-state index is 9.47. The molecule has 1 aromatic rings. The van der Waals surface area contributed by atoms with Crippen LogP contribution in [0.15, 0.2) is 29.8 Å². The van der Waals surface area contributed by atoms with E-state index in [-0.39, 0.29) is 0 Å². The zero-order chi connectivity index (χ0) is 12.4. The topological polar surface area (TPSA) is 32.3 Å². The first-order valence-corrected chi connectivity index (χ1v) is 7.06. The van der Waals surface area contributed by atoms with E-state index in [1.54, 1.807) is 11.6 Å². The average Bonchev–Trinajstić information content (AvgIpc) is 2.99. The van der Waals surface area contributed by atoms with E-state index in [2.05, 4.69) is 17.5 Å². The molecule has 0 saturated carbocycles. The van der Waals surface area contributed by atoms with Crippen molar-refractivity contribution in [3.05, 3.63) is 41.0 Å². The number of hydrogen-bond donors (Lipinski definition) is 2. The van der Waals surface area contributed by atoms with Crippen molar-refractivity contribution in [2.24, 2.45) is 0 Å². The number of aryl methyl sites for hydroxylation is 1. The molecule has 1 atom stereocenters. The highest BCUT2D eigenvalue weighted by molar-refractivity contribution is 5.40. The maximum Gasteiger partial charge on any atom is 0.115 e. The van der Waals surface area contributed by atoms with Crippen molar-refractivity contribution in [2.75, 3.05) is 6.54 Å². The zero-order valence-electron chi connectivity index (χ0n) is 10.8. The molecule has 2 aliphatic rings. The molecule has 3 rings (SSSR count). The van der Waals surface area contributed by atoms with Crippen LogP contribution in [-0.2, 0) is 6.42 Å². The predicted octanol–water partition coefficient (Wildman–Crippen LogP) is 3.47. The number of hydrogen-bond acceptors (Lipinski definition) is 2. The molecule has 0 heterocycles. The highest BCUT2D eigenvalue weighted by Crippen LogP contribution is 2.33. The molecular weight excluding hydrogens is 222 g/mol. The number of phenols is 1. The van der Waals surface area contributed by atoms with E-state index < -0.39 is 0 Å². The summed E-state index contributed by atoms with van der Waals surface area (Å²) in [6, 6.07) is 6.28. The summed E-state index contributed by atoms with van der Waals surface area (Å²) in [7, 11) is 0. The third kappa shape index (κ3) is 2.44. The van der Waals surface area contributed by atoms with Gasteiger partial charge in [-0.1, -0.05) is 17.7 Å². The number of rotatable bonds is 4. The van der Waals surface area contributed by atoms with E-state index in [0.29, 0.717) is 11.8 Å². The second kappa shape index (κ2) is 5.15. The molecule has 0 aromatic heterocycles. The SMILES string of the molecule is Oc1ccc2c(c1)CCC2NCCC1=CCCC1. The zero-order valence-corrected chi connectivity index (χ0v) is 10.8. The Morgan fingerprint density at radius 3 is 3.06 bits per heavy atom. The number of allylic oxidation sites excluding steroid dienone is 1. The fourth-order valence-electron chi connectivity index (χ4n) is 3.19. The van der Waals surface area contributed by atoms with Gasteiger partial charge in [0.15, 0.2) is 0 Å². The number of benzene rings is 1. The first-order chi connectivity index (χ1) is 8.83. The number of aromatic hydroxyl groups is 1. The summed E-state index contributed by atoms with van der Waals surface area (Å²) in [5, 5.41) is 13.1. The van der Waals surface area contributed by atoms with E-state index >= 15 is 0 Å². The summed E-state index contributed by atoms with van der Waals surface area (Å²) in [5.41, 5.74) is 4.33. The van der Waals surface area contributed by atoms with E-state index in [1.807, 2.05) is 6.07 Å². The highest BCUT2D eigenvalue weighted by Gasteiger charge is 2.21. The fourth-order valence-corrected chi connectivity index (χ4v) is 3.19. The van der Waals surface area contributed by atoms with Crippen LogP contribution in [0.2, 0.25) is 0 Å². The lowest BCUT2D eigenvalue weighted by Gasteiger charge is -2.14. The van der Waals surface area contributed by atoms with Crippen molar-refractivity contribution in [3.63, 3.8) is 0 Å². The van der Waals surface area contributed by atoms with Crippen molar-refractivity contribution in [1.29, 1.82) is 0 Å². The molecule has 2 nitrogen and oxygen atoms in total. The third-order valence-electron chi connectivity index (χ3n) is 4.18. The molecule has 0 spiro atoms. The number of fused-ring (bicyclic) bond motifs is 1. The van der Waals surface area contributed by atoms with Gasteiger partial charge in [0.2, 0.25) is 0 Å². The normalized spacial score (nSPS) is 22.0. The number of nitrogens with one attached hydrogen (secondary N) is 1. The van der Waals surface area contributed by atoms with Gasteiger partial charge in [-0.05, 0) is 68.3 Å². The van der Waals surface area contributed by atoms with Gasteiger partial charge in [-0.3, -0.25) is 0 Å². The van der Waals surface area contributed by atoms with E-state index in [9.17, 15) is 5.11 Å². The smallest absolute Gasteiger partial charge is 0.115 e. The molecule has 0 saturated heterocycles. The van der Waals surface area contributed by atoms with Crippen LogP contribution in [0.3, 0.4) is 0 Å². The van der Waals surface area contributed by atoms with Crippen LogP contribution in [0.4, 0.5) is 0 Å². The Hall–Kier alpha value is -1.28. The predicted molar refractivity (Wildman–Crippen MR) is 73.7 cm³/mol. The molecule has 2 N–H and O–H groups in total. The van der Waals surface area contributed by atoms with Gasteiger partial charge in [-0.25, -0.2) is 0 Å². The molecule has 2 heteroatoms. The molecular formula is C16H21NO. The van der Waals surface area contributed by atoms with Crippen LogP contribution < -0.4 is 5.32 Å². The standard InChI is InChI=1S/C16H21NO/c18-14-6-7-15-13(11-14)5-8-16(15)17-10-9-12-3-1-2-4-12/h3,6-7,11,16-18H,1-2,4-5,8-10H2. The molecule has 0 amide bonds. The minimum atomic E-state index is 0.394. The summed E-state index contributed by atoms with van der Waals surface area (Å²) in [5.74, 6) is 0.394. The summed E-state index contributed by atoms with van der Waals surface area (Å²) < 4.78 is 0. The fraction of sp³-hybridized carbons (Fsp3) is 0.500. The Kier molecular flexibility index (Phi) is 3.37. The second-order valence-corrected chi connectivity index (χ2v) is 5.43. The van der Waals surface area contributed by atoms with Crippen LogP contribution in [0.1, 0.15) is 49.3 Å². The molecule has 0 aliphatic heterocycles. The Morgan fingerprint density at radius 1 is 1.28 bits per heavy atom. The Labute approximate surface area is 109 Å². The largest absolute Gasteiger partial charge is 0.508 e. The summed E-state index contributed by atoms with van der Waals surface area (Å²) in [4.78, 5) is 0. The summed E-state index contributed by atoms with van der Waals surface area (Å²) in [6.45, 7) is 1.08. The van der Waals surface area contributed by atoms with Gasteiger partial charge in [-0.15, -0.1) is 0 Å². The van der Waals surface area contributed by atoms with Crippen LogP contribution in [0, 0.1) is 0 Å². The van der Waals surface area contributed by atoms with Crippen LogP contribution in [0.25, 0.3) is 0 Å². The summed E-state index contributed by atoms with van der Waals surface area (Å²) >= 11 is 0. The molecule has 0 bridgehead atoms. The molecule has 0 radical (unpaired) electrons. The molecule has 18 heavy (non-hydrogen) atoms. The molecule has 1 aromatic carbocycles. The van der Waals surface area contributed by atoms with E-state index in [0.717, 1.165) is 19.4 Å². The van der Waals surface area contributed by atoms with Gasteiger partial charge >= 0.3 is 0 Å². The third-order valence-corrected chi connectivity index (χ3v) is 4.18. The first kappa shape index (κ1) is 11.8. The van der Waals surface area contributed by atoms with Crippen molar-refractivity contribution >= 4 is 0 Å². The number of phenolic OH excluding ortho intramolecular Hbond substituents is 1. The Morgan fingerprint density at radius 2 is 2.22 bits per heavy atom. The average molecular weight is 243 g/mol. The van der Waals surface area contributed by atoms with Gasteiger partial charge in [0.1, 0.15) is 5.75 Å². The van der Waals surface area contributed by atoms with Crippen LogP contribution in [-0.4, -0.2) is 11.7 Å². The molecule has 1 unspecified atom stereocenters. The summed E-state index contributed by atoms with van der Waals surface area (Å²) in [6.07, 6.45) is 9.78. The second-order valence-electron chi connectivity index (χ2n) is 5.43. The van der Waals surface area contributed by atoms with Crippen molar-refractivity contribution < 1.29 is 5.11 Å². The van der Waals surface area contributed by atoms with Crippen molar-refractivity contribution in [1.82, 2.24) is 5.32 Å². The quantitative estimate of drug-likeness (QED) is 0.794. The van der Waals surface area contributed by atoms with Gasteiger partial charge in [0.25, 0.3) is 0 Å². The van der Waals surface area contributed by atoms with Crippen molar-refractivity contribution in [2.45, 2.75) is 44.6 Å². The molecule has 0 fully saturated rings. The molecule has 96 valence electrons. The van der Waals surface area contributed by atoms with Gasteiger partial charge < -0.3 is 10.4 Å².